The fourth-order valence-electron chi connectivity index (χ4n) is 1.94. The van der Waals surface area contributed by atoms with Gasteiger partial charge in [-0.1, -0.05) is 11.6 Å². The molecule has 104 valence electrons. The van der Waals surface area contributed by atoms with Crippen LogP contribution < -0.4 is 4.74 Å². The summed E-state index contributed by atoms with van der Waals surface area (Å²) in [5, 5.41) is 0.669. The Morgan fingerprint density at radius 1 is 1.37 bits per heavy atom. The first kappa shape index (κ1) is 14.3. The Balaban J connectivity index is 1.93. The minimum atomic E-state index is -0.481. The summed E-state index contributed by atoms with van der Waals surface area (Å²) in [6.07, 6.45) is -0.311. The van der Waals surface area contributed by atoms with Crippen molar-refractivity contribution in [2.75, 3.05) is 20.3 Å². The smallest absolute Gasteiger partial charge is 0.169 e. The van der Waals surface area contributed by atoms with Crippen molar-refractivity contribution in [2.24, 2.45) is 0 Å². The maximum Gasteiger partial charge on any atom is 0.169 e. The summed E-state index contributed by atoms with van der Waals surface area (Å²) in [5.74, 6) is 0.815. The highest BCUT2D eigenvalue weighted by atomic mass is 35.5. The van der Waals surface area contributed by atoms with Gasteiger partial charge in [0.15, 0.2) is 11.9 Å². The van der Waals surface area contributed by atoms with Crippen molar-refractivity contribution in [3.8, 4) is 5.75 Å². The number of ether oxygens (including phenoxy) is 3. The highest BCUT2D eigenvalue weighted by Crippen LogP contribution is 2.29. The molecular formula is C14H17ClO4. The molecule has 0 saturated heterocycles. The number of carbonyl (C=O) groups is 1. The van der Waals surface area contributed by atoms with Gasteiger partial charge in [0.1, 0.15) is 11.9 Å². The Labute approximate surface area is 117 Å². The Bertz CT molecular complexity index is 461. The number of benzene rings is 1. The van der Waals surface area contributed by atoms with Crippen molar-refractivity contribution < 1.29 is 19.0 Å². The Morgan fingerprint density at radius 3 is 2.79 bits per heavy atom. The number of halogens is 1. The lowest BCUT2D eigenvalue weighted by Gasteiger charge is -2.35. The molecule has 1 aliphatic carbocycles. The molecule has 1 aromatic carbocycles. The number of methoxy groups -OCH3 is 1. The highest BCUT2D eigenvalue weighted by molar-refractivity contribution is 6.30. The van der Waals surface area contributed by atoms with Crippen LogP contribution in [0, 0.1) is 6.92 Å². The van der Waals surface area contributed by atoms with Crippen LogP contribution in [0.1, 0.15) is 12.0 Å². The third kappa shape index (κ3) is 3.47. The summed E-state index contributed by atoms with van der Waals surface area (Å²) in [4.78, 5) is 11.5. The molecule has 1 aromatic rings. The number of hydrogen-bond acceptors (Lipinski definition) is 4. The lowest BCUT2D eigenvalue weighted by atomic mass is 9.90. The second kappa shape index (κ2) is 6.37. The molecule has 0 N–H and O–H groups in total. The summed E-state index contributed by atoms with van der Waals surface area (Å²) in [6.45, 7) is 2.78. The number of ketones is 1. The second-order valence-corrected chi connectivity index (χ2v) is 4.96. The van der Waals surface area contributed by atoms with Crippen LogP contribution in [0.3, 0.4) is 0 Å². The van der Waals surface area contributed by atoms with Gasteiger partial charge in [0.2, 0.25) is 0 Å². The molecule has 0 aromatic heterocycles. The van der Waals surface area contributed by atoms with E-state index in [1.165, 1.54) is 0 Å². The molecule has 5 heteroatoms. The molecule has 2 rings (SSSR count). The van der Waals surface area contributed by atoms with Gasteiger partial charge in [0.05, 0.1) is 13.2 Å². The van der Waals surface area contributed by atoms with Gasteiger partial charge in [-0.25, -0.2) is 0 Å². The highest BCUT2D eigenvalue weighted by Gasteiger charge is 2.42. The first-order chi connectivity index (χ1) is 9.11. The van der Waals surface area contributed by atoms with Gasteiger partial charge in [-0.15, -0.1) is 0 Å². The van der Waals surface area contributed by atoms with Crippen molar-refractivity contribution in [3.05, 3.63) is 28.8 Å². The monoisotopic (exact) mass is 284 g/mol. The maximum atomic E-state index is 11.5. The van der Waals surface area contributed by atoms with Gasteiger partial charge >= 0.3 is 0 Å². The molecule has 0 radical (unpaired) electrons. The van der Waals surface area contributed by atoms with Crippen molar-refractivity contribution >= 4 is 17.4 Å². The van der Waals surface area contributed by atoms with Crippen LogP contribution in [0.5, 0.6) is 5.75 Å². The molecule has 1 fully saturated rings. The van der Waals surface area contributed by atoms with Gasteiger partial charge in [-0.05, 0) is 30.7 Å². The van der Waals surface area contributed by atoms with Crippen LogP contribution in [0.15, 0.2) is 18.2 Å². The number of hydrogen-bond donors (Lipinski definition) is 0. The van der Waals surface area contributed by atoms with Crippen LogP contribution in [0.25, 0.3) is 0 Å². The molecular weight excluding hydrogens is 268 g/mol. The fourth-order valence-corrected chi connectivity index (χ4v) is 2.17. The third-order valence-corrected chi connectivity index (χ3v) is 3.29. The van der Waals surface area contributed by atoms with Crippen molar-refractivity contribution in [1.29, 1.82) is 0 Å². The summed E-state index contributed by atoms with van der Waals surface area (Å²) >= 11 is 5.89. The molecule has 0 aliphatic heterocycles. The zero-order chi connectivity index (χ0) is 13.8. The maximum absolute atomic E-state index is 11.5. The number of rotatable bonds is 6. The van der Waals surface area contributed by atoms with E-state index >= 15 is 0 Å². The van der Waals surface area contributed by atoms with E-state index in [1.807, 2.05) is 19.1 Å². The minimum Gasteiger partial charge on any atom is -0.486 e. The molecule has 0 bridgehead atoms. The van der Waals surface area contributed by atoms with E-state index in [9.17, 15) is 4.79 Å². The molecule has 4 nitrogen and oxygen atoms in total. The van der Waals surface area contributed by atoms with Gasteiger partial charge in [0.25, 0.3) is 0 Å². The quantitative estimate of drug-likeness (QED) is 0.753. The molecule has 1 aliphatic rings. The Hall–Kier alpha value is -1.10. The first-order valence-electron chi connectivity index (χ1n) is 6.18. The summed E-state index contributed by atoms with van der Waals surface area (Å²) in [7, 11) is 1.59. The van der Waals surface area contributed by atoms with Crippen LogP contribution in [-0.2, 0) is 14.3 Å². The topological polar surface area (TPSA) is 44.8 Å². The van der Waals surface area contributed by atoms with E-state index in [4.69, 9.17) is 25.8 Å². The molecule has 1 saturated carbocycles. The van der Waals surface area contributed by atoms with E-state index in [2.05, 4.69) is 0 Å². The van der Waals surface area contributed by atoms with Crippen molar-refractivity contribution in [3.63, 3.8) is 0 Å². The first-order valence-corrected chi connectivity index (χ1v) is 6.55. The van der Waals surface area contributed by atoms with Gasteiger partial charge < -0.3 is 14.2 Å². The number of carbonyl (C=O) groups excluding carboxylic acids is 1. The lowest BCUT2D eigenvalue weighted by molar-refractivity contribution is -0.156. The molecule has 0 heterocycles. The van der Waals surface area contributed by atoms with Gasteiger partial charge in [-0.2, -0.15) is 0 Å². The van der Waals surface area contributed by atoms with E-state index in [0.717, 1.165) is 11.3 Å². The minimum absolute atomic E-state index is 0.0766. The van der Waals surface area contributed by atoms with Crippen LogP contribution in [-0.4, -0.2) is 38.3 Å². The SMILES string of the molecule is COCCOC1C(=O)CC1Oc1ccc(Cl)cc1C. The second-order valence-electron chi connectivity index (χ2n) is 4.52. The molecule has 19 heavy (non-hydrogen) atoms. The van der Waals surface area contributed by atoms with E-state index < -0.39 is 6.10 Å². The van der Waals surface area contributed by atoms with Crippen LogP contribution in [0.2, 0.25) is 5.02 Å². The Kier molecular flexibility index (Phi) is 4.80. The van der Waals surface area contributed by atoms with Crippen molar-refractivity contribution in [1.82, 2.24) is 0 Å². The number of aryl methyl sites for hydroxylation is 1. The largest absolute Gasteiger partial charge is 0.486 e. The molecule has 2 atom stereocenters. The summed E-state index contributed by atoms with van der Waals surface area (Å²) in [6, 6.07) is 5.41. The van der Waals surface area contributed by atoms with Crippen molar-refractivity contribution in [2.45, 2.75) is 25.6 Å². The zero-order valence-electron chi connectivity index (χ0n) is 11.0. The fraction of sp³-hybridized carbons (Fsp3) is 0.500. The van der Waals surface area contributed by atoms with Crippen LogP contribution >= 0.6 is 11.6 Å². The van der Waals surface area contributed by atoms with E-state index in [-0.39, 0.29) is 11.9 Å². The molecule has 2 unspecified atom stereocenters. The van der Waals surface area contributed by atoms with Crippen LogP contribution in [0.4, 0.5) is 0 Å². The average molecular weight is 285 g/mol. The molecule has 0 spiro atoms. The predicted octanol–water partition coefficient (Wildman–Crippen LogP) is 2.40. The predicted molar refractivity (Wildman–Crippen MR) is 71.8 cm³/mol. The summed E-state index contributed by atoms with van der Waals surface area (Å²) < 4.78 is 16.1. The number of Topliss-reactive ketones (excluding diaryl/α,β-unsaturated/α-hetero) is 1. The average Bonchev–Trinajstić information content (AvgIpc) is 2.37. The zero-order valence-corrected chi connectivity index (χ0v) is 11.8. The molecule has 0 amide bonds. The third-order valence-electron chi connectivity index (χ3n) is 3.06. The Morgan fingerprint density at radius 2 is 2.16 bits per heavy atom. The standard InChI is InChI=1S/C14H17ClO4/c1-9-7-10(15)3-4-12(9)19-13-8-11(16)14(13)18-6-5-17-2/h3-4,7,13-14H,5-6,8H2,1-2H3. The van der Waals surface area contributed by atoms with Gasteiger partial charge in [0, 0.05) is 18.6 Å². The van der Waals surface area contributed by atoms with E-state index in [0.29, 0.717) is 24.7 Å². The van der Waals surface area contributed by atoms with Gasteiger partial charge in [-0.3, -0.25) is 4.79 Å². The lowest BCUT2D eigenvalue weighted by Crippen LogP contribution is -2.52. The normalized spacial score (nSPS) is 22.2. The van der Waals surface area contributed by atoms with E-state index in [1.54, 1.807) is 13.2 Å². The summed E-state index contributed by atoms with van der Waals surface area (Å²) in [5.41, 5.74) is 0.947.